The highest BCUT2D eigenvalue weighted by Crippen LogP contribution is 2.41. The lowest BCUT2D eigenvalue weighted by Crippen LogP contribution is -2.39. The maximum absolute atomic E-state index is 12.9. The van der Waals surface area contributed by atoms with Gasteiger partial charge in [0, 0.05) is 0 Å². The first-order chi connectivity index (χ1) is 9.81. The van der Waals surface area contributed by atoms with Gasteiger partial charge in [-0.1, -0.05) is 49.6 Å². The summed E-state index contributed by atoms with van der Waals surface area (Å²) in [6.45, 7) is 0. The molecule has 0 N–H and O–H groups in total. The summed E-state index contributed by atoms with van der Waals surface area (Å²) in [6.07, 6.45) is 7.49. The van der Waals surface area contributed by atoms with Gasteiger partial charge in [-0.15, -0.1) is 0 Å². The van der Waals surface area contributed by atoms with E-state index in [9.17, 15) is 4.79 Å². The van der Waals surface area contributed by atoms with E-state index in [0.29, 0.717) is 12.2 Å². The van der Waals surface area contributed by atoms with Crippen molar-refractivity contribution in [1.82, 2.24) is 0 Å². The molecule has 0 bridgehead atoms. The number of rotatable bonds is 4. The van der Waals surface area contributed by atoms with Crippen molar-refractivity contribution in [1.29, 1.82) is 0 Å². The molecule has 1 saturated carbocycles. The molecule has 0 aliphatic heterocycles. The van der Waals surface area contributed by atoms with E-state index < -0.39 is 0 Å². The van der Waals surface area contributed by atoms with Crippen LogP contribution in [-0.4, -0.2) is 5.78 Å². The quantitative estimate of drug-likeness (QED) is 0.828. The first-order valence-electron chi connectivity index (χ1n) is 7.42. The zero-order valence-corrected chi connectivity index (χ0v) is 11.7. The van der Waals surface area contributed by atoms with Crippen molar-refractivity contribution in [3.05, 3.63) is 60.1 Å². The number of benzene rings is 1. The van der Waals surface area contributed by atoms with Gasteiger partial charge in [-0.2, -0.15) is 0 Å². The van der Waals surface area contributed by atoms with Gasteiger partial charge in [0.05, 0.1) is 18.1 Å². The molecule has 1 aromatic heterocycles. The second kappa shape index (κ2) is 5.66. The van der Waals surface area contributed by atoms with E-state index in [1.807, 2.05) is 30.3 Å². The molecular formula is C18H20O2. The molecule has 2 heteroatoms. The van der Waals surface area contributed by atoms with Crippen LogP contribution in [0.15, 0.2) is 53.1 Å². The zero-order valence-electron chi connectivity index (χ0n) is 11.7. The van der Waals surface area contributed by atoms with Gasteiger partial charge >= 0.3 is 0 Å². The van der Waals surface area contributed by atoms with E-state index in [4.69, 9.17) is 4.42 Å². The van der Waals surface area contributed by atoms with E-state index in [-0.39, 0.29) is 5.41 Å². The summed E-state index contributed by atoms with van der Waals surface area (Å²) in [5.74, 6) is 1.08. The predicted octanol–water partition coefficient (Wildman–Crippen LogP) is 4.29. The molecule has 0 radical (unpaired) electrons. The van der Waals surface area contributed by atoms with Crippen LogP contribution in [0.3, 0.4) is 0 Å². The summed E-state index contributed by atoms with van der Waals surface area (Å²) in [6, 6.07) is 14.0. The van der Waals surface area contributed by atoms with E-state index in [1.165, 1.54) is 12.0 Å². The van der Waals surface area contributed by atoms with Crippen LogP contribution in [0.2, 0.25) is 0 Å². The largest absolute Gasteiger partial charge is 0.469 e. The van der Waals surface area contributed by atoms with E-state index in [0.717, 1.165) is 31.4 Å². The fraction of sp³-hybridized carbons (Fsp3) is 0.389. The topological polar surface area (TPSA) is 30.2 Å². The van der Waals surface area contributed by atoms with Crippen LogP contribution in [-0.2, 0) is 16.6 Å². The number of Topliss-reactive ketones (excluding diaryl/α,β-unsaturated/α-hetero) is 1. The van der Waals surface area contributed by atoms with Crippen LogP contribution in [0, 0.1) is 0 Å². The van der Waals surface area contributed by atoms with Crippen molar-refractivity contribution < 1.29 is 9.21 Å². The average molecular weight is 268 g/mol. The van der Waals surface area contributed by atoms with Gasteiger partial charge in [0.2, 0.25) is 0 Å². The van der Waals surface area contributed by atoms with Crippen molar-refractivity contribution in [2.24, 2.45) is 0 Å². The summed E-state index contributed by atoms with van der Waals surface area (Å²) in [7, 11) is 0. The Bertz CT molecular complexity index is 548. The van der Waals surface area contributed by atoms with Crippen molar-refractivity contribution in [2.45, 2.75) is 43.9 Å². The minimum Gasteiger partial charge on any atom is -0.469 e. The Hall–Kier alpha value is -1.83. The van der Waals surface area contributed by atoms with Gasteiger partial charge in [-0.25, -0.2) is 0 Å². The molecule has 0 spiro atoms. The van der Waals surface area contributed by atoms with E-state index >= 15 is 0 Å². The number of hydrogen-bond acceptors (Lipinski definition) is 2. The molecule has 0 atom stereocenters. The highest BCUT2D eigenvalue weighted by Gasteiger charge is 2.40. The number of hydrogen-bond donors (Lipinski definition) is 0. The van der Waals surface area contributed by atoms with E-state index in [2.05, 4.69) is 12.1 Å². The van der Waals surface area contributed by atoms with Crippen LogP contribution in [0.25, 0.3) is 0 Å². The molecule has 1 heterocycles. The lowest BCUT2D eigenvalue weighted by atomic mass is 9.66. The summed E-state index contributed by atoms with van der Waals surface area (Å²) in [5.41, 5.74) is 0.878. The van der Waals surface area contributed by atoms with Crippen molar-refractivity contribution in [3.63, 3.8) is 0 Å². The van der Waals surface area contributed by atoms with Gasteiger partial charge in [0.1, 0.15) is 5.76 Å². The number of carbonyl (C=O) groups is 1. The monoisotopic (exact) mass is 268 g/mol. The summed E-state index contributed by atoms with van der Waals surface area (Å²) in [5, 5.41) is 0. The first-order valence-corrected chi connectivity index (χ1v) is 7.42. The van der Waals surface area contributed by atoms with Gasteiger partial charge in [0.25, 0.3) is 0 Å². The predicted molar refractivity (Wildman–Crippen MR) is 78.6 cm³/mol. The minimum atomic E-state index is -0.299. The molecule has 2 nitrogen and oxygen atoms in total. The summed E-state index contributed by atoms with van der Waals surface area (Å²) in [4.78, 5) is 12.9. The Morgan fingerprint density at radius 1 is 1.00 bits per heavy atom. The number of ketones is 1. The Kier molecular flexibility index (Phi) is 3.72. The second-order valence-corrected chi connectivity index (χ2v) is 5.69. The van der Waals surface area contributed by atoms with Crippen LogP contribution in [0.5, 0.6) is 0 Å². The average Bonchev–Trinajstić information content (AvgIpc) is 3.02. The highest BCUT2D eigenvalue weighted by atomic mass is 16.3. The molecule has 1 aromatic carbocycles. The zero-order chi connectivity index (χ0) is 13.8. The fourth-order valence-corrected chi connectivity index (χ4v) is 3.38. The Morgan fingerprint density at radius 3 is 2.40 bits per heavy atom. The number of furan rings is 1. The highest BCUT2D eigenvalue weighted by molar-refractivity contribution is 5.91. The minimum absolute atomic E-state index is 0.299. The molecule has 104 valence electrons. The van der Waals surface area contributed by atoms with Crippen LogP contribution < -0.4 is 0 Å². The molecular weight excluding hydrogens is 248 g/mol. The Labute approximate surface area is 119 Å². The molecule has 1 aliphatic carbocycles. The Morgan fingerprint density at radius 2 is 1.75 bits per heavy atom. The third-order valence-corrected chi connectivity index (χ3v) is 4.48. The lowest BCUT2D eigenvalue weighted by molar-refractivity contribution is -0.125. The first kappa shape index (κ1) is 13.2. The van der Waals surface area contributed by atoms with Gasteiger partial charge < -0.3 is 4.42 Å². The standard InChI is InChI=1S/C18H20O2/c19-17(14-16-10-7-13-20-16)18(11-5-2-6-12-18)15-8-3-1-4-9-15/h1,3-4,7-10,13H,2,5-6,11-12,14H2. The van der Waals surface area contributed by atoms with Gasteiger partial charge in [-0.05, 0) is 30.5 Å². The summed E-state index contributed by atoms with van der Waals surface area (Å²) >= 11 is 0. The molecule has 0 saturated heterocycles. The molecule has 3 rings (SSSR count). The Balaban J connectivity index is 1.91. The van der Waals surface area contributed by atoms with Crippen molar-refractivity contribution in [3.8, 4) is 0 Å². The van der Waals surface area contributed by atoms with Gasteiger partial charge in [0.15, 0.2) is 5.78 Å². The molecule has 1 fully saturated rings. The normalized spacial score (nSPS) is 17.8. The van der Waals surface area contributed by atoms with E-state index in [1.54, 1.807) is 6.26 Å². The van der Waals surface area contributed by atoms with Crippen LogP contribution in [0.1, 0.15) is 43.4 Å². The molecule has 0 unspecified atom stereocenters. The second-order valence-electron chi connectivity index (χ2n) is 5.69. The fourth-order valence-electron chi connectivity index (χ4n) is 3.38. The van der Waals surface area contributed by atoms with Crippen LogP contribution in [0.4, 0.5) is 0 Å². The maximum atomic E-state index is 12.9. The number of carbonyl (C=O) groups excluding carboxylic acids is 1. The molecule has 2 aromatic rings. The smallest absolute Gasteiger partial charge is 0.150 e. The third-order valence-electron chi connectivity index (χ3n) is 4.48. The molecule has 20 heavy (non-hydrogen) atoms. The SMILES string of the molecule is O=C(Cc1ccco1)C1(c2ccccc2)CCCCC1. The van der Waals surface area contributed by atoms with Crippen molar-refractivity contribution in [2.75, 3.05) is 0 Å². The maximum Gasteiger partial charge on any atom is 0.150 e. The third kappa shape index (κ3) is 2.43. The summed E-state index contributed by atoms with van der Waals surface area (Å²) < 4.78 is 5.36. The van der Waals surface area contributed by atoms with Gasteiger partial charge in [-0.3, -0.25) is 4.79 Å². The molecule has 1 aliphatic rings. The van der Waals surface area contributed by atoms with Crippen LogP contribution >= 0.6 is 0 Å². The lowest BCUT2D eigenvalue weighted by Gasteiger charge is -2.36. The molecule has 0 amide bonds. The van der Waals surface area contributed by atoms with Crippen molar-refractivity contribution >= 4 is 5.78 Å².